The van der Waals surface area contributed by atoms with Crippen LogP contribution < -0.4 is 9.80 Å². The molecule has 1 aromatic heterocycles. The summed E-state index contributed by atoms with van der Waals surface area (Å²) >= 11 is 0. The molecule has 4 rings (SSSR count). The summed E-state index contributed by atoms with van der Waals surface area (Å²) in [5.41, 5.74) is 1.83. The number of hydrogen-bond acceptors (Lipinski definition) is 7. The van der Waals surface area contributed by atoms with Crippen molar-refractivity contribution in [2.75, 3.05) is 49.7 Å². The zero-order chi connectivity index (χ0) is 19.7. The largest absolute Gasteiger partial charge is 0.382 e. The van der Waals surface area contributed by atoms with E-state index in [1.165, 1.54) is 0 Å². The number of nitrogens with zero attached hydrogens (tertiary/aromatic N) is 4. The van der Waals surface area contributed by atoms with Gasteiger partial charge in [0.2, 0.25) is 0 Å². The van der Waals surface area contributed by atoms with Crippen LogP contribution in [0.15, 0.2) is 24.3 Å². The molecule has 2 aliphatic rings. The van der Waals surface area contributed by atoms with E-state index in [2.05, 4.69) is 30.6 Å². The maximum absolute atomic E-state index is 6.04. The van der Waals surface area contributed by atoms with E-state index in [-0.39, 0.29) is 24.4 Å². The summed E-state index contributed by atoms with van der Waals surface area (Å²) in [6.45, 7) is 10.1. The van der Waals surface area contributed by atoms with Gasteiger partial charge in [-0.2, -0.15) is 0 Å². The molecule has 7 nitrogen and oxygen atoms in total. The van der Waals surface area contributed by atoms with Crippen molar-refractivity contribution in [2.45, 2.75) is 45.2 Å². The number of rotatable bonds is 4. The lowest BCUT2D eigenvalue weighted by Gasteiger charge is -2.41. The molecule has 0 aliphatic carbocycles. The van der Waals surface area contributed by atoms with Crippen molar-refractivity contribution < 1.29 is 14.2 Å². The third-order valence-electron chi connectivity index (χ3n) is 5.23. The van der Waals surface area contributed by atoms with Crippen LogP contribution in [0.1, 0.15) is 20.8 Å². The number of hydrogen-bond donors (Lipinski definition) is 0. The van der Waals surface area contributed by atoms with Crippen molar-refractivity contribution in [3.63, 3.8) is 0 Å². The van der Waals surface area contributed by atoms with Crippen molar-refractivity contribution in [2.24, 2.45) is 0 Å². The molecule has 2 saturated heterocycles. The van der Waals surface area contributed by atoms with Gasteiger partial charge in [0.1, 0.15) is 0 Å². The van der Waals surface area contributed by atoms with E-state index in [4.69, 9.17) is 24.2 Å². The molecular formula is C21H30N4O3. The average Bonchev–Trinajstić information content (AvgIpc) is 2.66. The highest BCUT2D eigenvalue weighted by Gasteiger charge is 2.32. The summed E-state index contributed by atoms with van der Waals surface area (Å²) in [6.07, 6.45) is 0.458. The molecule has 3 heterocycles. The number of anilines is 2. The Kier molecular flexibility index (Phi) is 5.66. The molecule has 0 saturated carbocycles. The number of ether oxygens (including phenoxy) is 3. The molecule has 0 radical (unpaired) electrons. The second-order valence-corrected chi connectivity index (χ2v) is 7.95. The topological polar surface area (TPSA) is 60.0 Å². The molecule has 1 aromatic carbocycles. The Morgan fingerprint density at radius 3 is 1.89 bits per heavy atom. The molecule has 4 atom stereocenters. The van der Waals surface area contributed by atoms with E-state index in [0.717, 1.165) is 48.8 Å². The van der Waals surface area contributed by atoms with Gasteiger partial charge < -0.3 is 24.0 Å². The van der Waals surface area contributed by atoms with Gasteiger partial charge in [0.05, 0.1) is 42.1 Å². The Morgan fingerprint density at radius 1 is 0.857 bits per heavy atom. The maximum atomic E-state index is 6.04. The molecule has 2 aliphatic heterocycles. The molecule has 2 fully saturated rings. The van der Waals surface area contributed by atoms with Crippen molar-refractivity contribution in [3.8, 4) is 0 Å². The standard InChI is InChI=1S/C21H30N4O3/c1-14-9-24(10-15(2)27-14)20-21(23-19-8-6-5-7-18(19)22-20)25-11-16(3)28-17(12-25)13-26-4/h5-8,14-17H,9-13H2,1-4H3. The van der Waals surface area contributed by atoms with Crippen molar-refractivity contribution in [1.82, 2.24) is 9.97 Å². The van der Waals surface area contributed by atoms with Gasteiger partial charge in [-0.05, 0) is 32.9 Å². The minimum absolute atomic E-state index is 0.0254. The average molecular weight is 386 g/mol. The van der Waals surface area contributed by atoms with Crippen LogP contribution in [0.4, 0.5) is 11.6 Å². The normalized spacial score (nSPS) is 28.7. The zero-order valence-corrected chi connectivity index (χ0v) is 17.2. The number of morpholine rings is 2. The van der Waals surface area contributed by atoms with Gasteiger partial charge in [-0.3, -0.25) is 0 Å². The summed E-state index contributed by atoms with van der Waals surface area (Å²) < 4.78 is 17.3. The number of para-hydroxylation sites is 2. The van der Waals surface area contributed by atoms with E-state index in [9.17, 15) is 0 Å². The summed E-state index contributed by atoms with van der Waals surface area (Å²) in [7, 11) is 1.71. The molecular weight excluding hydrogens is 356 g/mol. The van der Waals surface area contributed by atoms with Crippen LogP contribution >= 0.6 is 0 Å². The van der Waals surface area contributed by atoms with Gasteiger partial charge in [-0.25, -0.2) is 9.97 Å². The van der Waals surface area contributed by atoms with Crippen molar-refractivity contribution >= 4 is 22.7 Å². The Balaban J connectivity index is 1.75. The van der Waals surface area contributed by atoms with Crippen LogP contribution in [0.25, 0.3) is 11.0 Å². The highest BCUT2D eigenvalue weighted by molar-refractivity contribution is 5.81. The Labute approximate surface area is 166 Å². The Bertz CT molecular complexity index is 807. The summed E-state index contributed by atoms with van der Waals surface area (Å²) in [4.78, 5) is 14.7. The van der Waals surface area contributed by atoms with Crippen LogP contribution in [0.3, 0.4) is 0 Å². The van der Waals surface area contributed by atoms with Crippen molar-refractivity contribution in [1.29, 1.82) is 0 Å². The highest BCUT2D eigenvalue weighted by atomic mass is 16.5. The SMILES string of the molecule is COCC1CN(c2nc3ccccc3nc2N2CC(C)OC(C)C2)CC(C)O1. The molecule has 0 spiro atoms. The molecule has 28 heavy (non-hydrogen) atoms. The second kappa shape index (κ2) is 8.19. The third-order valence-corrected chi connectivity index (χ3v) is 5.23. The van der Waals surface area contributed by atoms with Gasteiger partial charge in [0.15, 0.2) is 11.6 Å². The first kappa shape index (κ1) is 19.4. The first-order chi connectivity index (χ1) is 13.5. The summed E-state index contributed by atoms with van der Waals surface area (Å²) in [6, 6.07) is 8.07. The minimum atomic E-state index is 0.0254. The van der Waals surface area contributed by atoms with Crippen LogP contribution in [-0.4, -0.2) is 74.3 Å². The summed E-state index contributed by atoms with van der Waals surface area (Å²) in [5.74, 6) is 1.86. The molecule has 0 amide bonds. The van der Waals surface area contributed by atoms with E-state index in [1.807, 2.05) is 24.3 Å². The van der Waals surface area contributed by atoms with Crippen LogP contribution in [0, 0.1) is 0 Å². The lowest BCUT2D eigenvalue weighted by molar-refractivity contribution is -0.0512. The number of methoxy groups -OCH3 is 1. The first-order valence-corrected chi connectivity index (χ1v) is 10.1. The molecule has 152 valence electrons. The molecule has 2 aromatic rings. The number of aromatic nitrogens is 2. The van der Waals surface area contributed by atoms with E-state index in [0.29, 0.717) is 6.61 Å². The zero-order valence-electron chi connectivity index (χ0n) is 17.2. The number of fused-ring (bicyclic) bond motifs is 1. The third kappa shape index (κ3) is 4.06. The quantitative estimate of drug-likeness (QED) is 0.800. The summed E-state index contributed by atoms with van der Waals surface area (Å²) in [5, 5.41) is 0. The van der Waals surface area contributed by atoms with E-state index < -0.39 is 0 Å². The predicted octanol–water partition coefficient (Wildman–Crippen LogP) is 2.48. The maximum Gasteiger partial charge on any atom is 0.172 e. The number of benzene rings is 1. The van der Waals surface area contributed by atoms with Crippen LogP contribution in [-0.2, 0) is 14.2 Å². The fourth-order valence-electron chi connectivity index (χ4n) is 4.25. The molecule has 7 heteroatoms. The minimum Gasteiger partial charge on any atom is -0.382 e. The van der Waals surface area contributed by atoms with Gasteiger partial charge >= 0.3 is 0 Å². The lowest BCUT2D eigenvalue weighted by Crippen LogP contribution is -2.50. The predicted molar refractivity (Wildman–Crippen MR) is 110 cm³/mol. The van der Waals surface area contributed by atoms with Gasteiger partial charge in [-0.15, -0.1) is 0 Å². The first-order valence-electron chi connectivity index (χ1n) is 10.1. The smallest absolute Gasteiger partial charge is 0.172 e. The molecule has 0 bridgehead atoms. The lowest BCUT2D eigenvalue weighted by atomic mass is 10.2. The Hall–Kier alpha value is -1.96. The van der Waals surface area contributed by atoms with Crippen LogP contribution in [0.5, 0.6) is 0 Å². The van der Waals surface area contributed by atoms with Gasteiger partial charge in [0.25, 0.3) is 0 Å². The molecule has 4 unspecified atom stereocenters. The van der Waals surface area contributed by atoms with Crippen molar-refractivity contribution in [3.05, 3.63) is 24.3 Å². The van der Waals surface area contributed by atoms with Gasteiger partial charge in [-0.1, -0.05) is 12.1 Å². The van der Waals surface area contributed by atoms with E-state index >= 15 is 0 Å². The van der Waals surface area contributed by atoms with E-state index in [1.54, 1.807) is 7.11 Å². The fraction of sp³-hybridized carbons (Fsp3) is 0.619. The monoisotopic (exact) mass is 386 g/mol. The van der Waals surface area contributed by atoms with Crippen LogP contribution in [0.2, 0.25) is 0 Å². The second-order valence-electron chi connectivity index (χ2n) is 7.95. The fourth-order valence-corrected chi connectivity index (χ4v) is 4.25. The highest BCUT2D eigenvalue weighted by Crippen LogP contribution is 2.32. The molecule has 0 N–H and O–H groups in total. The Morgan fingerprint density at radius 2 is 1.36 bits per heavy atom. The van der Waals surface area contributed by atoms with Gasteiger partial charge in [0, 0.05) is 33.3 Å².